The van der Waals surface area contributed by atoms with Crippen LogP contribution in [0.4, 0.5) is 11.6 Å². The van der Waals surface area contributed by atoms with Crippen LogP contribution in [0.5, 0.6) is 0 Å². The molecule has 2 rings (SSSR count). The van der Waals surface area contributed by atoms with Gasteiger partial charge in [0.25, 0.3) is 0 Å². The Labute approximate surface area is 94.8 Å². The Morgan fingerprint density at radius 3 is 2.62 bits per heavy atom. The van der Waals surface area contributed by atoms with E-state index in [1.165, 1.54) is 0 Å². The maximum absolute atomic E-state index is 5.53. The quantitative estimate of drug-likeness (QED) is 0.844. The maximum Gasteiger partial charge on any atom is 0.220 e. The van der Waals surface area contributed by atoms with Crippen LogP contribution < -0.4 is 10.6 Å². The number of hydrogen-bond acceptors (Lipinski definition) is 4. The maximum atomic E-state index is 5.53. The molecule has 82 valence electrons. The highest BCUT2D eigenvalue weighted by molar-refractivity contribution is 5.45. The molecule has 0 atom stereocenters. The number of anilines is 2. The summed E-state index contributed by atoms with van der Waals surface area (Å²) in [6, 6.07) is 12.0. The van der Waals surface area contributed by atoms with Crippen molar-refractivity contribution in [2.24, 2.45) is 0 Å². The van der Waals surface area contributed by atoms with Crippen LogP contribution in [0.15, 0.2) is 42.6 Å². The first-order chi connectivity index (χ1) is 7.75. The third-order valence-electron chi connectivity index (χ3n) is 2.33. The van der Waals surface area contributed by atoms with Crippen molar-refractivity contribution >= 4 is 11.6 Å². The molecule has 0 saturated heterocycles. The minimum Gasteiger partial charge on any atom is -0.369 e. The van der Waals surface area contributed by atoms with E-state index in [9.17, 15) is 0 Å². The number of nitrogens with zero attached hydrogens (tertiary/aromatic N) is 3. The summed E-state index contributed by atoms with van der Waals surface area (Å²) in [6.45, 7) is 0.719. The summed E-state index contributed by atoms with van der Waals surface area (Å²) < 4.78 is 0. The highest BCUT2D eigenvalue weighted by atomic mass is 15.1. The lowest BCUT2D eigenvalue weighted by molar-refractivity contribution is 0.879. The molecule has 2 N–H and O–H groups in total. The van der Waals surface area contributed by atoms with Gasteiger partial charge in [0.2, 0.25) is 5.95 Å². The van der Waals surface area contributed by atoms with Gasteiger partial charge in [0.15, 0.2) is 0 Å². The number of aromatic nitrogens is 2. The van der Waals surface area contributed by atoms with Crippen molar-refractivity contribution in [1.29, 1.82) is 0 Å². The molecule has 0 unspecified atom stereocenters. The Hall–Kier alpha value is -2.10. The molecule has 0 saturated carbocycles. The van der Waals surface area contributed by atoms with Crippen molar-refractivity contribution in [2.45, 2.75) is 6.54 Å². The van der Waals surface area contributed by atoms with E-state index in [0.29, 0.717) is 5.95 Å². The molecule has 4 nitrogen and oxygen atoms in total. The number of benzene rings is 1. The molecule has 0 spiro atoms. The van der Waals surface area contributed by atoms with Crippen LogP contribution >= 0.6 is 0 Å². The lowest BCUT2D eigenvalue weighted by atomic mass is 10.3. The Morgan fingerprint density at radius 1 is 1.19 bits per heavy atom. The second-order valence-corrected chi connectivity index (χ2v) is 3.60. The highest BCUT2D eigenvalue weighted by Gasteiger charge is 2.02. The van der Waals surface area contributed by atoms with E-state index in [0.717, 1.165) is 17.9 Å². The Kier molecular flexibility index (Phi) is 3.00. The standard InChI is InChI=1S/C12H14N4/c1-16(11-5-3-2-4-6-11)9-10-7-8-14-12(13)15-10/h2-8H,9H2,1H3,(H2,13,14,15). The van der Waals surface area contributed by atoms with Crippen LogP contribution in [0.25, 0.3) is 0 Å². The average molecular weight is 214 g/mol. The lowest BCUT2D eigenvalue weighted by Crippen LogP contribution is -2.17. The van der Waals surface area contributed by atoms with Gasteiger partial charge in [-0.3, -0.25) is 0 Å². The number of rotatable bonds is 3. The van der Waals surface area contributed by atoms with Crippen LogP contribution in [-0.2, 0) is 6.54 Å². The first-order valence-corrected chi connectivity index (χ1v) is 5.09. The molecule has 0 fully saturated rings. The van der Waals surface area contributed by atoms with Gasteiger partial charge < -0.3 is 10.6 Å². The minimum absolute atomic E-state index is 0.318. The van der Waals surface area contributed by atoms with E-state index in [2.05, 4.69) is 27.0 Å². The predicted molar refractivity (Wildman–Crippen MR) is 65.0 cm³/mol. The zero-order chi connectivity index (χ0) is 11.4. The zero-order valence-electron chi connectivity index (χ0n) is 9.17. The molecular weight excluding hydrogens is 200 g/mol. The third kappa shape index (κ3) is 2.48. The summed E-state index contributed by atoms with van der Waals surface area (Å²) in [6.07, 6.45) is 1.68. The first-order valence-electron chi connectivity index (χ1n) is 5.09. The van der Waals surface area contributed by atoms with E-state index in [1.807, 2.05) is 31.3 Å². The van der Waals surface area contributed by atoms with Crippen molar-refractivity contribution in [1.82, 2.24) is 9.97 Å². The molecule has 1 aromatic heterocycles. The number of nitrogens with two attached hydrogens (primary N) is 1. The molecule has 0 aliphatic carbocycles. The second kappa shape index (κ2) is 4.61. The third-order valence-corrected chi connectivity index (χ3v) is 2.33. The summed E-state index contributed by atoms with van der Waals surface area (Å²) in [5.41, 5.74) is 7.60. The van der Waals surface area contributed by atoms with E-state index in [-0.39, 0.29) is 0 Å². The van der Waals surface area contributed by atoms with E-state index in [4.69, 9.17) is 5.73 Å². The number of nitrogen functional groups attached to an aromatic ring is 1. The van der Waals surface area contributed by atoms with Crippen molar-refractivity contribution < 1.29 is 0 Å². The van der Waals surface area contributed by atoms with Crippen molar-refractivity contribution in [2.75, 3.05) is 17.7 Å². The van der Waals surface area contributed by atoms with Crippen molar-refractivity contribution in [3.05, 3.63) is 48.3 Å². The fourth-order valence-corrected chi connectivity index (χ4v) is 1.52. The Morgan fingerprint density at radius 2 is 1.94 bits per heavy atom. The van der Waals surface area contributed by atoms with Gasteiger partial charge in [-0.15, -0.1) is 0 Å². The number of para-hydroxylation sites is 1. The van der Waals surface area contributed by atoms with Gasteiger partial charge in [-0.2, -0.15) is 0 Å². The van der Waals surface area contributed by atoms with E-state index >= 15 is 0 Å². The summed E-state index contributed by atoms with van der Waals surface area (Å²) >= 11 is 0. The van der Waals surface area contributed by atoms with Crippen LogP contribution in [0.1, 0.15) is 5.69 Å². The van der Waals surface area contributed by atoms with Gasteiger partial charge >= 0.3 is 0 Å². The fraction of sp³-hybridized carbons (Fsp3) is 0.167. The van der Waals surface area contributed by atoms with Gasteiger partial charge in [0.05, 0.1) is 12.2 Å². The minimum atomic E-state index is 0.318. The largest absolute Gasteiger partial charge is 0.369 e. The summed E-state index contributed by atoms with van der Waals surface area (Å²) in [5, 5.41) is 0. The Bertz CT molecular complexity index is 456. The first kappa shape index (κ1) is 10.4. The molecule has 16 heavy (non-hydrogen) atoms. The average Bonchev–Trinajstić information content (AvgIpc) is 2.30. The van der Waals surface area contributed by atoms with Gasteiger partial charge in [0.1, 0.15) is 0 Å². The second-order valence-electron chi connectivity index (χ2n) is 3.60. The fourth-order valence-electron chi connectivity index (χ4n) is 1.52. The lowest BCUT2D eigenvalue weighted by Gasteiger charge is -2.18. The van der Waals surface area contributed by atoms with Gasteiger partial charge in [-0.1, -0.05) is 18.2 Å². The molecule has 1 aromatic carbocycles. The topological polar surface area (TPSA) is 55.0 Å². The zero-order valence-corrected chi connectivity index (χ0v) is 9.17. The molecule has 0 aliphatic heterocycles. The predicted octanol–water partition coefficient (Wildman–Crippen LogP) is 1.70. The molecule has 0 amide bonds. The SMILES string of the molecule is CN(Cc1ccnc(N)n1)c1ccccc1. The Balaban J connectivity index is 2.11. The van der Waals surface area contributed by atoms with Gasteiger partial charge in [0, 0.05) is 18.9 Å². The molecule has 0 bridgehead atoms. The summed E-state index contributed by atoms with van der Waals surface area (Å²) in [4.78, 5) is 10.1. The van der Waals surface area contributed by atoms with E-state index < -0.39 is 0 Å². The van der Waals surface area contributed by atoms with E-state index in [1.54, 1.807) is 6.20 Å². The molecule has 0 radical (unpaired) electrons. The normalized spacial score (nSPS) is 10.1. The molecule has 2 aromatic rings. The molecule has 4 heteroatoms. The molecule has 1 heterocycles. The molecule has 0 aliphatic rings. The van der Waals surface area contributed by atoms with Gasteiger partial charge in [-0.25, -0.2) is 9.97 Å². The summed E-state index contributed by atoms with van der Waals surface area (Å²) in [7, 11) is 2.02. The monoisotopic (exact) mass is 214 g/mol. The highest BCUT2D eigenvalue weighted by Crippen LogP contribution is 2.13. The van der Waals surface area contributed by atoms with Crippen LogP contribution in [0.3, 0.4) is 0 Å². The van der Waals surface area contributed by atoms with Crippen LogP contribution in [0.2, 0.25) is 0 Å². The van der Waals surface area contributed by atoms with Crippen LogP contribution in [0, 0.1) is 0 Å². The molecular formula is C12H14N4. The number of hydrogen-bond donors (Lipinski definition) is 1. The smallest absolute Gasteiger partial charge is 0.220 e. The summed E-state index contributed by atoms with van der Waals surface area (Å²) in [5.74, 6) is 0.318. The van der Waals surface area contributed by atoms with Gasteiger partial charge in [-0.05, 0) is 18.2 Å². The van der Waals surface area contributed by atoms with Crippen molar-refractivity contribution in [3.8, 4) is 0 Å². The van der Waals surface area contributed by atoms with Crippen molar-refractivity contribution in [3.63, 3.8) is 0 Å². The van der Waals surface area contributed by atoms with Crippen LogP contribution in [-0.4, -0.2) is 17.0 Å².